The maximum atomic E-state index is 5.59. The third-order valence-electron chi connectivity index (χ3n) is 5.84. The molecule has 1 saturated heterocycles. The van der Waals surface area contributed by atoms with Crippen LogP contribution in [0.4, 0.5) is 0 Å². The van der Waals surface area contributed by atoms with E-state index in [2.05, 4.69) is 50.1 Å². The second-order valence-electron chi connectivity index (χ2n) is 7.89. The lowest BCUT2D eigenvalue weighted by atomic mass is 9.89. The van der Waals surface area contributed by atoms with Gasteiger partial charge in [-0.2, -0.15) is 0 Å². The second-order valence-corrected chi connectivity index (χ2v) is 7.89. The molecule has 7 nitrogen and oxygen atoms in total. The van der Waals surface area contributed by atoms with Gasteiger partial charge in [0.25, 0.3) is 0 Å². The Labute approximate surface area is 176 Å². The maximum Gasteiger partial charge on any atom is 0.194 e. The lowest BCUT2D eigenvalue weighted by Crippen LogP contribution is -2.51. The summed E-state index contributed by atoms with van der Waals surface area (Å²) in [6.45, 7) is 8.10. The first-order valence-corrected chi connectivity index (χ1v) is 10.3. The molecule has 1 fully saturated rings. The topological polar surface area (TPSA) is 58.6 Å². The Morgan fingerprint density at radius 2 is 1.76 bits per heavy atom. The fraction of sp³-hybridized carbons (Fsp3) is 0.682. The fourth-order valence-electron chi connectivity index (χ4n) is 3.71. The molecule has 7 heteroatoms. The number of aliphatic imine (C=N–C) groups is 1. The number of aryl methyl sites for hydroxylation is 1. The van der Waals surface area contributed by atoms with Gasteiger partial charge in [-0.25, -0.2) is 0 Å². The Bertz CT molecular complexity index is 685. The summed E-state index contributed by atoms with van der Waals surface area (Å²) in [5.74, 6) is 2.41. The van der Waals surface area contributed by atoms with Crippen molar-refractivity contribution in [2.24, 2.45) is 4.99 Å². The van der Waals surface area contributed by atoms with Crippen molar-refractivity contribution in [2.75, 3.05) is 61.7 Å². The number of hydrogen-bond acceptors (Lipinski definition) is 5. The van der Waals surface area contributed by atoms with Crippen molar-refractivity contribution in [1.82, 2.24) is 15.1 Å². The molecule has 0 aliphatic carbocycles. The van der Waals surface area contributed by atoms with Crippen LogP contribution in [-0.4, -0.2) is 83.0 Å². The number of hydrogen-bond donors (Lipinski definition) is 1. The predicted molar refractivity (Wildman–Crippen MR) is 118 cm³/mol. The van der Waals surface area contributed by atoms with E-state index in [-0.39, 0.29) is 5.54 Å². The highest BCUT2D eigenvalue weighted by Crippen LogP contribution is 2.31. The summed E-state index contributed by atoms with van der Waals surface area (Å²) in [7, 11) is 9.69. The Kier molecular flexibility index (Phi) is 8.59. The normalized spacial score (nSPS) is 16.6. The molecule has 0 spiro atoms. The number of nitrogens with zero attached hydrogens (tertiary/aromatic N) is 3. The van der Waals surface area contributed by atoms with E-state index >= 15 is 0 Å². The third-order valence-corrected chi connectivity index (χ3v) is 5.84. The number of methoxy groups -OCH3 is 2. The van der Waals surface area contributed by atoms with Gasteiger partial charge >= 0.3 is 0 Å². The second kappa shape index (κ2) is 10.7. The van der Waals surface area contributed by atoms with E-state index < -0.39 is 0 Å². The fourth-order valence-corrected chi connectivity index (χ4v) is 3.71. The summed E-state index contributed by atoms with van der Waals surface area (Å²) in [6, 6.07) is 4.07. The highest BCUT2D eigenvalue weighted by atomic mass is 16.5. The van der Waals surface area contributed by atoms with Crippen LogP contribution in [-0.2, 0) is 11.3 Å². The van der Waals surface area contributed by atoms with Gasteiger partial charge in [0, 0.05) is 38.9 Å². The Morgan fingerprint density at radius 3 is 2.31 bits per heavy atom. The van der Waals surface area contributed by atoms with Gasteiger partial charge in [0.05, 0.1) is 20.8 Å². The van der Waals surface area contributed by atoms with Crippen molar-refractivity contribution in [1.29, 1.82) is 0 Å². The first-order chi connectivity index (χ1) is 13.9. The van der Waals surface area contributed by atoms with Crippen molar-refractivity contribution < 1.29 is 14.2 Å². The van der Waals surface area contributed by atoms with E-state index in [4.69, 9.17) is 19.2 Å². The van der Waals surface area contributed by atoms with E-state index in [0.717, 1.165) is 63.1 Å². The lowest BCUT2D eigenvalue weighted by Gasteiger charge is -2.42. The average Bonchev–Trinajstić information content (AvgIpc) is 2.72. The Balaban J connectivity index is 2.20. The molecule has 1 aromatic rings. The molecule has 1 N–H and O–H groups in total. The average molecular weight is 407 g/mol. The van der Waals surface area contributed by atoms with Crippen molar-refractivity contribution in [2.45, 2.75) is 38.8 Å². The summed E-state index contributed by atoms with van der Waals surface area (Å²) in [4.78, 5) is 9.48. The summed E-state index contributed by atoms with van der Waals surface area (Å²) in [6.07, 6.45) is 2.00. The summed E-state index contributed by atoms with van der Waals surface area (Å²) < 4.78 is 16.5. The van der Waals surface area contributed by atoms with Crippen molar-refractivity contribution in [3.8, 4) is 11.5 Å². The minimum atomic E-state index is 0.0546. The lowest BCUT2D eigenvalue weighted by molar-refractivity contribution is -0.00263. The minimum Gasteiger partial charge on any atom is -0.493 e. The molecule has 0 unspecified atom stereocenters. The SMILES string of the molecule is CCNC(=NCC1(N(C)C)CCOCC1)N(C)Cc1cc(OC)c(OC)cc1C. The van der Waals surface area contributed by atoms with Gasteiger partial charge in [0.15, 0.2) is 17.5 Å². The molecule has 0 saturated carbocycles. The van der Waals surface area contributed by atoms with E-state index in [1.807, 2.05) is 12.1 Å². The predicted octanol–water partition coefficient (Wildman–Crippen LogP) is 2.52. The molecule has 1 aliphatic rings. The number of likely N-dealkylation sites (N-methyl/N-ethyl adjacent to an activating group) is 1. The van der Waals surface area contributed by atoms with E-state index in [9.17, 15) is 0 Å². The quantitative estimate of drug-likeness (QED) is 0.529. The molecule has 164 valence electrons. The molecule has 1 aromatic carbocycles. The number of ether oxygens (including phenoxy) is 3. The van der Waals surface area contributed by atoms with Gasteiger partial charge < -0.3 is 29.3 Å². The molecule has 2 rings (SSSR count). The third kappa shape index (κ3) is 5.76. The van der Waals surface area contributed by atoms with Crippen LogP contribution in [0.3, 0.4) is 0 Å². The number of guanidine groups is 1. The van der Waals surface area contributed by atoms with Gasteiger partial charge in [-0.3, -0.25) is 4.99 Å². The number of nitrogens with one attached hydrogen (secondary N) is 1. The van der Waals surface area contributed by atoms with Crippen LogP contribution < -0.4 is 14.8 Å². The molecular weight excluding hydrogens is 368 g/mol. The zero-order valence-electron chi connectivity index (χ0n) is 19.2. The van der Waals surface area contributed by atoms with Crippen LogP contribution >= 0.6 is 0 Å². The molecule has 29 heavy (non-hydrogen) atoms. The summed E-state index contributed by atoms with van der Waals surface area (Å²) in [5, 5.41) is 3.44. The van der Waals surface area contributed by atoms with E-state index in [1.54, 1.807) is 14.2 Å². The van der Waals surface area contributed by atoms with Crippen molar-refractivity contribution in [3.05, 3.63) is 23.3 Å². The molecule has 0 radical (unpaired) electrons. The Hall–Kier alpha value is -1.99. The van der Waals surface area contributed by atoms with Gasteiger partial charge in [-0.05, 0) is 64.0 Å². The molecule has 0 atom stereocenters. The van der Waals surface area contributed by atoms with Crippen LogP contribution in [0.2, 0.25) is 0 Å². The number of rotatable bonds is 8. The van der Waals surface area contributed by atoms with Crippen LogP contribution in [0.5, 0.6) is 11.5 Å². The van der Waals surface area contributed by atoms with Crippen LogP contribution in [0.1, 0.15) is 30.9 Å². The summed E-state index contributed by atoms with van der Waals surface area (Å²) in [5.41, 5.74) is 2.41. The van der Waals surface area contributed by atoms with Crippen molar-refractivity contribution >= 4 is 5.96 Å². The molecule has 1 aliphatic heterocycles. The highest BCUT2D eigenvalue weighted by Gasteiger charge is 2.34. The summed E-state index contributed by atoms with van der Waals surface area (Å²) >= 11 is 0. The molecule has 0 amide bonds. The standard InChI is InChI=1S/C22H38N4O3/c1-8-23-21(24-16-22(25(3)4)9-11-29-12-10-22)26(5)15-18-14-20(28-7)19(27-6)13-17(18)2/h13-14H,8-12,15-16H2,1-7H3,(H,23,24). The first kappa shape index (κ1) is 23.3. The van der Waals surface area contributed by atoms with Gasteiger partial charge in [0.1, 0.15) is 0 Å². The van der Waals surface area contributed by atoms with Crippen LogP contribution in [0.25, 0.3) is 0 Å². The molecule has 1 heterocycles. The van der Waals surface area contributed by atoms with Gasteiger partial charge in [-0.15, -0.1) is 0 Å². The van der Waals surface area contributed by atoms with Gasteiger partial charge in [0.2, 0.25) is 0 Å². The molecule has 0 bridgehead atoms. The minimum absolute atomic E-state index is 0.0546. The largest absolute Gasteiger partial charge is 0.493 e. The van der Waals surface area contributed by atoms with Gasteiger partial charge in [-0.1, -0.05) is 0 Å². The zero-order chi connectivity index (χ0) is 21.4. The number of benzene rings is 1. The molecule has 0 aromatic heterocycles. The smallest absolute Gasteiger partial charge is 0.194 e. The Morgan fingerprint density at radius 1 is 1.14 bits per heavy atom. The van der Waals surface area contributed by atoms with E-state index in [1.165, 1.54) is 11.1 Å². The van der Waals surface area contributed by atoms with Crippen molar-refractivity contribution in [3.63, 3.8) is 0 Å². The zero-order valence-corrected chi connectivity index (χ0v) is 19.2. The highest BCUT2D eigenvalue weighted by molar-refractivity contribution is 5.79. The molecular formula is C22H38N4O3. The van der Waals surface area contributed by atoms with Crippen LogP contribution in [0.15, 0.2) is 17.1 Å². The van der Waals surface area contributed by atoms with Crippen LogP contribution in [0, 0.1) is 6.92 Å². The first-order valence-electron chi connectivity index (χ1n) is 10.3. The monoisotopic (exact) mass is 406 g/mol. The maximum absolute atomic E-state index is 5.59. The van der Waals surface area contributed by atoms with E-state index in [0.29, 0.717) is 0 Å².